The van der Waals surface area contributed by atoms with E-state index in [1.807, 2.05) is 18.2 Å². The summed E-state index contributed by atoms with van der Waals surface area (Å²) in [7, 11) is 3.16. The largest absolute Gasteiger partial charge is 0.496 e. The third-order valence-electron chi connectivity index (χ3n) is 5.85. The fourth-order valence-electron chi connectivity index (χ4n) is 4.05. The zero-order valence-corrected chi connectivity index (χ0v) is 22.5. The van der Waals surface area contributed by atoms with Gasteiger partial charge in [-0.05, 0) is 29.4 Å². The van der Waals surface area contributed by atoms with Crippen LogP contribution in [-0.2, 0) is 6.61 Å². The number of nitrogens with zero attached hydrogens (tertiary/aromatic N) is 5. The van der Waals surface area contributed by atoms with Crippen LogP contribution < -0.4 is 14.2 Å². The standard InChI is InChI=1S/C26H22FN5O4S2/c1-13(2)23-18(29-24(37-23)14-5-6-28-22(27)7-14)12-35-19-8-15(33-3)9-20-16(19)10-21(36-20)17-11-32-25(30-17)38-26(31-32)34-4/h5-11,13H,12H2,1-4H3. The summed E-state index contributed by atoms with van der Waals surface area (Å²) in [5.41, 5.74) is 2.73. The first-order chi connectivity index (χ1) is 18.4. The highest BCUT2D eigenvalue weighted by molar-refractivity contribution is 7.18. The maximum absolute atomic E-state index is 13.7. The van der Waals surface area contributed by atoms with Crippen LogP contribution in [0.3, 0.4) is 0 Å². The lowest BCUT2D eigenvalue weighted by molar-refractivity contribution is 0.302. The number of imidazole rings is 1. The second kappa shape index (κ2) is 9.69. The number of benzene rings is 1. The van der Waals surface area contributed by atoms with Gasteiger partial charge in [0.15, 0.2) is 5.76 Å². The van der Waals surface area contributed by atoms with E-state index in [9.17, 15) is 4.39 Å². The summed E-state index contributed by atoms with van der Waals surface area (Å²) in [5, 5.41) is 6.36. The highest BCUT2D eigenvalue weighted by Gasteiger charge is 2.20. The van der Waals surface area contributed by atoms with Gasteiger partial charge >= 0.3 is 0 Å². The Balaban J connectivity index is 1.34. The molecule has 0 atom stereocenters. The Hall–Kier alpha value is -4.03. The number of fused-ring (bicyclic) bond motifs is 2. The van der Waals surface area contributed by atoms with E-state index < -0.39 is 5.95 Å². The topological polar surface area (TPSA) is 96.8 Å². The number of ether oxygens (including phenoxy) is 3. The molecule has 1 aromatic carbocycles. The zero-order chi connectivity index (χ0) is 26.4. The second-order valence-electron chi connectivity index (χ2n) is 8.71. The van der Waals surface area contributed by atoms with E-state index in [1.54, 1.807) is 31.0 Å². The lowest BCUT2D eigenvalue weighted by atomic mass is 10.1. The minimum atomic E-state index is -0.538. The summed E-state index contributed by atoms with van der Waals surface area (Å²) >= 11 is 2.87. The van der Waals surface area contributed by atoms with E-state index in [1.165, 1.54) is 34.9 Å². The van der Waals surface area contributed by atoms with Gasteiger partial charge in [-0.15, -0.1) is 16.4 Å². The van der Waals surface area contributed by atoms with Gasteiger partial charge in [0.05, 0.1) is 31.5 Å². The van der Waals surface area contributed by atoms with Crippen molar-refractivity contribution < 1.29 is 23.0 Å². The summed E-state index contributed by atoms with van der Waals surface area (Å²) < 4.78 is 38.5. The predicted molar refractivity (Wildman–Crippen MR) is 143 cm³/mol. The lowest BCUT2D eigenvalue weighted by Gasteiger charge is -2.10. The Kier molecular flexibility index (Phi) is 6.20. The van der Waals surface area contributed by atoms with Gasteiger partial charge < -0.3 is 18.6 Å². The molecule has 0 unspecified atom stereocenters. The molecular weight excluding hydrogens is 529 g/mol. The molecule has 0 saturated heterocycles. The number of furan rings is 1. The third kappa shape index (κ3) is 4.45. The van der Waals surface area contributed by atoms with Gasteiger partial charge in [0.25, 0.3) is 5.19 Å². The van der Waals surface area contributed by atoms with Crippen molar-refractivity contribution in [1.82, 2.24) is 24.6 Å². The summed E-state index contributed by atoms with van der Waals surface area (Å²) in [6, 6.07) is 8.66. The van der Waals surface area contributed by atoms with Crippen molar-refractivity contribution >= 4 is 38.6 Å². The predicted octanol–water partition coefficient (Wildman–Crippen LogP) is 6.58. The molecule has 6 rings (SSSR count). The van der Waals surface area contributed by atoms with E-state index in [2.05, 4.69) is 28.9 Å². The molecule has 5 aromatic heterocycles. The van der Waals surface area contributed by atoms with Gasteiger partial charge in [-0.1, -0.05) is 13.8 Å². The molecule has 0 aliphatic heterocycles. The molecular formula is C26H22FN5O4S2. The molecule has 0 saturated carbocycles. The van der Waals surface area contributed by atoms with Crippen LogP contribution in [0.15, 0.2) is 47.1 Å². The van der Waals surface area contributed by atoms with E-state index in [0.29, 0.717) is 44.3 Å². The molecule has 12 heteroatoms. The van der Waals surface area contributed by atoms with Crippen LogP contribution >= 0.6 is 22.7 Å². The van der Waals surface area contributed by atoms with Crippen LogP contribution in [-0.4, -0.2) is 38.8 Å². The van der Waals surface area contributed by atoms with Crippen LogP contribution in [0.25, 0.3) is 38.0 Å². The Morgan fingerprint density at radius 3 is 2.68 bits per heavy atom. The molecule has 0 aliphatic rings. The number of halogens is 1. The van der Waals surface area contributed by atoms with Crippen molar-refractivity contribution in [2.24, 2.45) is 0 Å². The smallest absolute Gasteiger partial charge is 0.294 e. The van der Waals surface area contributed by atoms with Crippen LogP contribution in [0.4, 0.5) is 4.39 Å². The molecule has 0 aliphatic carbocycles. The van der Waals surface area contributed by atoms with Crippen LogP contribution in [0.5, 0.6) is 16.7 Å². The average Bonchev–Trinajstić information content (AvgIpc) is 3.68. The van der Waals surface area contributed by atoms with Crippen molar-refractivity contribution in [3.63, 3.8) is 0 Å². The van der Waals surface area contributed by atoms with Crippen molar-refractivity contribution in [3.05, 3.63) is 59.2 Å². The fraction of sp³-hybridized carbons (Fsp3) is 0.231. The minimum absolute atomic E-state index is 0.222. The average molecular weight is 552 g/mol. The maximum atomic E-state index is 13.7. The van der Waals surface area contributed by atoms with E-state index in [-0.39, 0.29) is 12.5 Å². The van der Waals surface area contributed by atoms with Crippen LogP contribution in [0.1, 0.15) is 30.3 Å². The molecule has 9 nitrogen and oxygen atoms in total. The van der Waals surface area contributed by atoms with Crippen molar-refractivity contribution in [2.45, 2.75) is 26.4 Å². The third-order valence-corrected chi connectivity index (χ3v) is 8.18. The van der Waals surface area contributed by atoms with Crippen molar-refractivity contribution in [3.8, 4) is 38.7 Å². The molecule has 0 N–H and O–H groups in total. The Bertz CT molecular complexity index is 1740. The van der Waals surface area contributed by atoms with Gasteiger partial charge in [0.1, 0.15) is 34.4 Å². The number of hydrogen-bond acceptors (Lipinski definition) is 10. The number of rotatable bonds is 8. The Morgan fingerprint density at radius 1 is 1.08 bits per heavy atom. The van der Waals surface area contributed by atoms with Crippen molar-refractivity contribution in [2.75, 3.05) is 14.2 Å². The molecule has 0 spiro atoms. The van der Waals surface area contributed by atoms with E-state index >= 15 is 0 Å². The van der Waals surface area contributed by atoms with E-state index in [4.69, 9.17) is 23.6 Å². The molecule has 0 fully saturated rings. The maximum Gasteiger partial charge on any atom is 0.294 e. The molecule has 38 heavy (non-hydrogen) atoms. The summed E-state index contributed by atoms with van der Waals surface area (Å²) in [5.74, 6) is 1.45. The molecule has 5 heterocycles. The number of hydrogen-bond donors (Lipinski definition) is 0. The molecule has 0 bridgehead atoms. The first kappa shape index (κ1) is 24.3. The molecule has 6 aromatic rings. The fourth-order valence-corrected chi connectivity index (χ4v) is 5.82. The van der Waals surface area contributed by atoms with Crippen molar-refractivity contribution in [1.29, 1.82) is 0 Å². The SMILES string of the molecule is COc1cc(OCc2nc(-c3ccnc(F)c3)sc2C(C)C)c2cc(-c3cn4nc(OC)sc4n3)oc2c1. The summed E-state index contributed by atoms with van der Waals surface area (Å²) in [6.45, 7) is 4.42. The van der Waals surface area contributed by atoms with Crippen LogP contribution in [0, 0.1) is 5.95 Å². The quantitative estimate of drug-likeness (QED) is 0.196. The first-order valence-corrected chi connectivity index (χ1v) is 13.3. The minimum Gasteiger partial charge on any atom is -0.496 e. The zero-order valence-electron chi connectivity index (χ0n) is 20.9. The monoisotopic (exact) mass is 551 g/mol. The second-order valence-corrected chi connectivity index (χ2v) is 10.7. The van der Waals surface area contributed by atoms with Gasteiger partial charge in [0, 0.05) is 34.8 Å². The number of methoxy groups -OCH3 is 2. The first-order valence-electron chi connectivity index (χ1n) is 11.7. The van der Waals surface area contributed by atoms with Gasteiger partial charge in [-0.2, -0.15) is 4.39 Å². The normalized spacial score (nSPS) is 11.6. The Morgan fingerprint density at radius 2 is 1.95 bits per heavy atom. The highest BCUT2D eigenvalue weighted by atomic mass is 32.1. The highest BCUT2D eigenvalue weighted by Crippen LogP contribution is 2.39. The molecule has 0 amide bonds. The van der Waals surface area contributed by atoms with Crippen LogP contribution in [0.2, 0.25) is 0 Å². The summed E-state index contributed by atoms with van der Waals surface area (Å²) in [4.78, 5) is 14.8. The van der Waals surface area contributed by atoms with Gasteiger partial charge in [0.2, 0.25) is 10.9 Å². The van der Waals surface area contributed by atoms with Gasteiger partial charge in [-0.25, -0.2) is 19.5 Å². The molecule has 0 radical (unpaired) electrons. The molecule has 194 valence electrons. The van der Waals surface area contributed by atoms with E-state index in [0.717, 1.165) is 21.0 Å². The number of aromatic nitrogens is 5. The van der Waals surface area contributed by atoms with Gasteiger partial charge in [-0.3, -0.25) is 0 Å². The lowest BCUT2D eigenvalue weighted by Crippen LogP contribution is -2.01. The summed E-state index contributed by atoms with van der Waals surface area (Å²) in [6.07, 6.45) is 3.23. The number of thiazole rings is 1. The number of pyridine rings is 1. The Labute approximate surface area is 224 Å².